The van der Waals surface area contributed by atoms with Crippen LogP contribution in [0.5, 0.6) is 0 Å². The molecule has 0 spiro atoms. The molecule has 1 amide bonds. The summed E-state index contributed by atoms with van der Waals surface area (Å²) in [6.07, 6.45) is 6.76. The summed E-state index contributed by atoms with van der Waals surface area (Å²) in [6.45, 7) is 0. The van der Waals surface area contributed by atoms with Gasteiger partial charge in [0.15, 0.2) is 0 Å². The molecule has 6 heteroatoms. The average molecular weight is 418 g/mol. The Morgan fingerprint density at radius 3 is 2.59 bits per heavy atom. The number of carbonyl (C=O) groups is 1. The maximum Gasteiger partial charge on any atom is 0.248 e. The van der Waals surface area contributed by atoms with Crippen LogP contribution in [0.25, 0.3) is 27.9 Å². The molecule has 29 heavy (non-hydrogen) atoms. The van der Waals surface area contributed by atoms with Crippen molar-refractivity contribution in [3.63, 3.8) is 0 Å². The zero-order chi connectivity index (χ0) is 20.1. The Balaban J connectivity index is 1.47. The summed E-state index contributed by atoms with van der Waals surface area (Å²) in [5.41, 5.74) is 4.47. The van der Waals surface area contributed by atoms with Gasteiger partial charge in [0.2, 0.25) is 5.91 Å². The van der Waals surface area contributed by atoms with E-state index in [1.165, 1.54) is 6.08 Å². The van der Waals surface area contributed by atoms with Gasteiger partial charge in [-0.1, -0.05) is 35.9 Å². The zero-order valence-corrected chi connectivity index (χ0v) is 16.8. The van der Waals surface area contributed by atoms with E-state index in [0.717, 1.165) is 27.4 Å². The van der Waals surface area contributed by atoms with Crippen LogP contribution in [0.15, 0.2) is 84.5 Å². The molecule has 4 nitrogen and oxygen atoms in total. The number of pyridine rings is 1. The summed E-state index contributed by atoms with van der Waals surface area (Å²) in [7, 11) is 0. The summed E-state index contributed by atoms with van der Waals surface area (Å²) < 4.78 is 0. The average Bonchev–Trinajstić information content (AvgIpc) is 3.25. The SMILES string of the molecule is O=C(/C=C/c1ccc(Cl)cc1)Nc1cccc(-c2csc(-c3ccncc3)n2)c1. The first-order valence-corrected chi connectivity index (χ1v) is 10.1. The molecule has 2 aromatic carbocycles. The van der Waals surface area contributed by atoms with Crippen LogP contribution in [0.3, 0.4) is 0 Å². The van der Waals surface area contributed by atoms with E-state index in [9.17, 15) is 4.79 Å². The quantitative estimate of drug-likeness (QED) is 0.394. The summed E-state index contributed by atoms with van der Waals surface area (Å²) >= 11 is 7.45. The van der Waals surface area contributed by atoms with Crippen LogP contribution in [-0.2, 0) is 4.79 Å². The molecule has 142 valence electrons. The molecule has 0 aliphatic rings. The van der Waals surface area contributed by atoms with Crippen molar-refractivity contribution in [3.05, 3.63) is 95.1 Å². The van der Waals surface area contributed by atoms with E-state index in [2.05, 4.69) is 10.3 Å². The van der Waals surface area contributed by atoms with E-state index in [0.29, 0.717) is 10.7 Å². The molecule has 4 aromatic rings. The normalized spacial score (nSPS) is 10.9. The second-order valence-corrected chi connectivity index (χ2v) is 7.52. The van der Waals surface area contributed by atoms with Gasteiger partial charge in [-0.05, 0) is 48.0 Å². The highest BCUT2D eigenvalue weighted by Gasteiger charge is 2.08. The monoisotopic (exact) mass is 417 g/mol. The van der Waals surface area contributed by atoms with Gasteiger partial charge in [0.05, 0.1) is 5.69 Å². The van der Waals surface area contributed by atoms with Crippen molar-refractivity contribution in [2.24, 2.45) is 0 Å². The van der Waals surface area contributed by atoms with E-state index in [1.807, 2.05) is 53.9 Å². The van der Waals surface area contributed by atoms with Gasteiger partial charge in [-0.15, -0.1) is 11.3 Å². The lowest BCUT2D eigenvalue weighted by atomic mass is 10.1. The Bertz CT molecular complexity index is 1150. The highest BCUT2D eigenvalue weighted by Crippen LogP contribution is 2.29. The number of aromatic nitrogens is 2. The fourth-order valence-corrected chi connectivity index (χ4v) is 3.68. The lowest BCUT2D eigenvalue weighted by Gasteiger charge is -2.04. The molecule has 0 aliphatic heterocycles. The minimum atomic E-state index is -0.201. The van der Waals surface area contributed by atoms with E-state index < -0.39 is 0 Å². The number of hydrogen-bond donors (Lipinski definition) is 1. The second-order valence-electron chi connectivity index (χ2n) is 6.23. The van der Waals surface area contributed by atoms with Crippen LogP contribution in [-0.4, -0.2) is 15.9 Å². The van der Waals surface area contributed by atoms with Crippen LogP contribution in [0.4, 0.5) is 5.69 Å². The first-order chi connectivity index (χ1) is 14.2. The Kier molecular flexibility index (Phi) is 5.79. The van der Waals surface area contributed by atoms with Crippen LogP contribution in [0.2, 0.25) is 5.02 Å². The number of thiazole rings is 1. The maximum absolute atomic E-state index is 12.2. The van der Waals surface area contributed by atoms with Crippen LogP contribution < -0.4 is 5.32 Å². The molecule has 0 radical (unpaired) electrons. The van der Waals surface area contributed by atoms with Gasteiger partial charge >= 0.3 is 0 Å². The lowest BCUT2D eigenvalue weighted by molar-refractivity contribution is -0.111. The van der Waals surface area contributed by atoms with Crippen LogP contribution in [0.1, 0.15) is 5.56 Å². The highest BCUT2D eigenvalue weighted by molar-refractivity contribution is 7.13. The second kappa shape index (κ2) is 8.82. The van der Waals surface area contributed by atoms with Crippen molar-refractivity contribution in [3.8, 4) is 21.8 Å². The predicted molar refractivity (Wildman–Crippen MR) is 120 cm³/mol. The van der Waals surface area contributed by atoms with Gasteiger partial charge in [0, 0.05) is 45.7 Å². The highest BCUT2D eigenvalue weighted by atomic mass is 35.5. The first-order valence-electron chi connectivity index (χ1n) is 8.88. The topological polar surface area (TPSA) is 54.9 Å². The molecule has 1 N–H and O–H groups in total. The number of amides is 1. The Hall–Kier alpha value is -3.28. The van der Waals surface area contributed by atoms with Crippen LogP contribution in [0, 0.1) is 0 Å². The van der Waals surface area contributed by atoms with Gasteiger partial charge in [0.25, 0.3) is 0 Å². The third-order valence-electron chi connectivity index (χ3n) is 4.15. The van der Waals surface area contributed by atoms with Crippen molar-refractivity contribution in [2.45, 2.75) is 0 Å². The number of nitrogens with one attached hydrogen (secondary N) is 1. The van der Waals surface area contributed by atoms with Crippen molar-refractivity contribution in [1.82, 2.24) is 9.97 Å². The number of nitrogens with zero attached hydrogens (tertiary/aromatic N) is 2. The van der Waals surface area contributed by atoms with E-state index >= 15 is 0 Å². The smallest absolute Gasteiger partial charge is 0.248 e. The minimum absolute atomic E-state index is 0.201. The molecule has 2 heterocycles. The third kappa shape index (κ3) is 4.96. The van der Waals surface area contributed by atoms with Gasteiger partial charge in [0.1, 0.15) is 5.01 Å². The first kappa shape index (κ1) is 19.1. The summed E-state index contributed by atoms with van der Waals surface area (Å²) in [4.78, 5) is 21.0. The molecule has 0 fully saturated rings. The molecule has 0 bridgehead atoms. The number of halogens is 1. The minimum Gasteiger partial charge on any atom is -0.322 e. The Labute approximate surface area is 177 Å². The molecule has 0 atom stereocenters. The number of anilines is 1. The molecule has 2 aromatic heterocycles. The summed E-state index contributed by atoms with van der Waals surface area (Å²) in [5.74, 6) is -0.201. The zero-order valence-electron chi connectivity index (χ0n) is 15.2. The van der Waals surface area contributed by atoms with Crippen molar-refractivity contribution in [2.75, 3.05) is 5.32 Å². The largest absolute Gasteiger partial charge is 0.322 e. The number of hydrogen-bond acceptors (Lipinski definition) is 4. The molecule has 0 unspecified atom stereocenters. The van der Waals surface area contributed by atoms with E-state index in [1.54, 1.807) is 41.9 Å². The number of rotatable bonds is 5. The van der Waals surface area contributed by atoms with Gasteiger partial charge < -0.3 is 5.32 Å². The third-order valence-corrected chi connectivity index (χ3v) is 5.30. The molecular weight excluding hydrogens is 402 g/mol. The predicted octanol–water partition coefficient (Wildman–Crippen LogP) is 6.18. The summed E-state index contributed by atoms with van der Waals surface area (Å²) in [6, 6.07) is 18.8. The lowest BCUT2D eigenvalue weighted by Crippen LogP contribution is -2.07. The molecular formula is C23H16ClN3OS. The maximum atomic E-state index is 12.2. The summed E-state index contributed by atoms with van der Waals surface area (Å²) in [5, 5.41) is 6.50. The van der Waals surface area contributed by atoms with E-state index in [-0.39, 0.29) is 5.91 Å². The molecule has 0 aliphatic carbocycles. The fraction of sp³-hybridized carbons (Fsp3) is 0. The van der Waals surface area contributed by atoms with Gasteiger partial charge in [-0.25, -0.2) is 4.98 Å². The van der Waals surface area contributed by atoms with Crippen molar-refractivity contribution >= 4 is 40.6 Å². The fourth-order valence-electron chi connectivity index (χ4n) is 2.72. The van der Waals surface area contributed by atoms with Crippen LogP contribution >= 0.6 is 22.9 Å². The number of carbonyl (C=O) groups excluding carboxylic acids is 1. The van der Waals surface area contributed by atoms with Crippen molar-refractivity contribution < 1.29 is 4.79 Å². The number of benzene rings is 2. The molecule has 0 saturated heterocycles. The molecule has 0 saturated carbocycles. The standard InChI is InChI=1S/C23H16ClN3OS/c24-19-7-4-16(5-8-19)6-9-22(28)26-20-3-1-2-18(14-20)21-15-29-23(27-21)17-10-12-25-13-11-17/h1-15H,(H,26,28)/b9-6+. The van der Waals surface area contributed by atoms with Crippen molar-refractivity contribution in [1.29, 1.82) is 0 Å². The van der Waals surface area contributed by atoms with Gasteiger partial charge in [-0.3, -0.25) is 9.78 Å². The van der Waals surface area contributed by atoms with E-state index in [4.69, 9.17) is 16.6 Å². The molecule has 4 rings (SSSR count). The Morgan fingerprint density at radius 2 is 1.79 bits per heavy atom. The Morgan fingerprint density at radius 1 is 1.00 bits per heavy atom. The van der Waals surface area contributed by atoms with Gasteiger partial charge in [-0.2, -0.15) is 0 Å².